The molecule has 4 heterocycles. The Hall–Kier alpha value is -3.56. The highest BCUT2D eigenvalue weighted by atomic mass is 32.2. The largest absolute Gasteiger partial charge is 0.396 e. The number of nitrogens with zero attached hydrogens (tertiary/aromatic N) is 4. The van der Waals surface area contributed by atoms with Gasteiger partial charge in [0.1, 0.15) is 6.04 Å². The Morgan fingerprint density at radius 2 is 1.55 bits per heavy atom. The van der Waals surface area contributed by atoms with Crippen LogP contribution in [-0.2, 0) is 14.4 Å². The molecule has 4 aliphatic heterocycles. The van der Waals surface area contributed by atoms with Gasteiger partial charge in [-0.05, 0) is 56.7 Å². The van der Waals surface area contributed by atoms with E-state index >= 15 is 0 Å². The van der Waals surface area contributed by atoms with Gasteiger partial charge in [-0.1, -0.05) is 42.5 Å². The van der Waals surface area contributed by atoms with E-state index in [0.717, 1.165) is 30.2 Å². The minimum atomic E-state index is -0.880. The number of anilines is 3. The lowest BCUT2D eigenvalue weighted by atomic mass is 9.78. The Bertz CT molecular complexity index is 1390. The van der Waals surface area contributed by atoms with Crippen LogP contribution in [0.15, 0.2) is 78.9 Å². The molecule has 2 aromatic carbocycles. The summed E-state index contributed by atoms with van der Waals surface area (Å²) in [6, 6.07) is 16.8. The zero-order valence-corrected chi connectivity index (χ0v) is 25.0. The first-order valence-electron chi connectivity index (χ1n) is 14.9. The van der Waals surface area contributed by atoms with E-state index < -0.39 is 22.6 Å². The molecule has 2 saturated heterocycles. The molecule has 42 heavy (non-hydrogen) atoms. The van der Waals surface area contributed by atoms with E-state index in [1.807, 2.05) is 72.8 Å². The molecule has 1 unspecified atom stereocenters. The van der Waals surface area contributed by atoms with Crippen LogP contribution in [0.3, 0.4) is 0 Å². The highest BCUT2D eigenvalue weighted by molar-refractivity contribution is 8.02. The second-order valence-electron chi connectivity index (χ2n) is 11.2. The predicted molar refractivity (Wildman–Crippen MR) is 168 cm³/mol. The summed E-state index contributed by atoms with van der Waals surface area (Å²) in [5, 5.41) is 9.45. The lowest BCUT2D eigenvalue weighted by molar-refractivity contribution is -0.138. The summed E-state index contributed by atoms with van der Waals surface area (Å²) in [6.07, 6.45) is 8.46. The molecule has 4 aliphatic rings. The molecule has 0 radical (unpaired) electrons. The van der Waals surface area contributed by atoms with Gasteiger partial charge in [-0.25, -0.2) is 0 Å². The highest BCUT2D eigenvalue weighted by Crippen LogP contribution is 2.61. The number of aliphatic hydroxyl groups is 1. The van der Waals surface area contributed by atoms with Crippen molar-refractivity contribution in [1.29, 1.82) is 0 Å². The third kappa shape index (κ3) is 4.54. The van der Waals surface area contributed by atoms with Crippen molar-refractivity contribution in [3.8, 4) is 0 Å². The van der Waals surface area contributed by atoms with E-state index in [2.05, 4.69) is 24.8 Å². The summed E-state index contributed by atoms with van der Waals surface area (Å²) in [7, 11) is 0. The third-order valence-electron chi connectivity index (χ3n) is 9.07. The molecule has 0 aromatic heterocycles. The van der Waals surface area contributed by atoms with Crippen LogP contribution in [0.1, 0.15) is 20.3 Å². The molecule has 0 saturated carbocycles. The van der Waals surface area contributed by atoms with E-state index in [0.29, 0.717) is 19.5 Å². The molecule has 6 rings (SSSR count). The molecule has 0 bridgehead atoms. The van der Waals surface area contributed by atoms with Crippen molar-refractivity contribution in [2.24, 2.45) is 11.8 Å². The molecule has 220 valence electrons. The van der Waals surface area contributed by atoms with Crippen molar-refractivity contribution in [2.75, 3.05) is 54.0 Å². The number of fused-ring (bicyclic) bond motifs is 2. The van der Waals surface area contributed by atoms with Gasteiger partial charge in [0.15, 0.2) is 0 Å². The summed E-state index contributed by atoms with van der Waals surface area (Å²) in [4.78, 5) is 50.5. The van der Waals surface area contributed by atoms with E-state index in [9.17, 15) is 19.5 Å². The Labute approximate surface area is 251 Å². The van der Waals surface area contributed by atoms with Gasteiger partial charge in [0.25, 0.3) is 5.91 Å². The molecule has 9 heteroatoms. The van der Waals surface area contributed by atoms with Crippen LogP contribution in [-0.4, -0.2) is 83.1 Å². The summed E-state index contributed by atoms with van der Waals surface area (Å²) in [5.41, 5.74) is 2.67. The average molecular weight is 587 g/mol. The fourth-order valence-electron chi connectivity index (χ4n) is 7.12. The van der Waals surface area contributed by atoms with Gasteiger partial charge < -0.3 is 24.7 Å². The third-order valence-corrected chi connectivity index (χ3v) is 10.8. The SMILES string of the molecule is CCN(CC)c1ccc(N2CC=C[C@]34S[C@H]5C=CCN(c6ccccc6)C(=O)[C@H]5[C@H]3C(=O)N(CCCO)C4C2=O)cc1. The molecule has 5 atom stereocenters. The van der Waals surface area contributed by atoms with E-state index in [4.69, 9.17) is 0 Å². The van der Waals surface area contributed by atoms with Crippen molar-refractivity contribution in [3.63, 3.8) is 0 Å². The second-order valence-corrected chi connectivity index (χ2v) is 12.7. The van der Waals surface area contributed by atoms with Crippen LogP contribution < -0.4 is 14.7 Å². The molecular formula is C33H38N4O4S. The molecule has 2 fully saturated rings. The molecule has 0 aliphatic carbocycles. The maximum absolute atomic E-state index is 14.5. The van der Waals surface area contributed by atoms with Gasteiger partial charge in [-0.15, -0.1) is 11.8 Å². The summed E-state index contributed by atoms with van der Waals surface area (Å²) in [5.74, 6) is -1.69. The van der Waals surface area contributed by atoms with Gasteiger partial charge in [-0.2, -0.15) is 0 Å². The number of benzene rings is 2. The number of likely N-dealkylation sites (tertiary alicyclic amines) is 1. The van der Waals surface area contributed by atoms with Gasteiger partial charge in [-0.3, -0.25) is 14.4 Å². The van der Waals surface area contributed by atoms with Crippen LogP contribution in [0.4, 0.5) is 17.1 Å². The number of thioether (sulfide) groups is 1. The molecule has 3 amide bonds. The van der Waals surface area contributed by atoms with Crippen molar-refractivity contribution in [3.05, 3.63) is 78.9 Å². The van der Waals surface area contributed by atoms with Gasteiger partial charge >= 0.3 is 0 Å². The molecule has 1 spiro atoms. The molecule has 8 nitrogen and oxygen atoms in total. The molecule has 2 aromatic rings. The van der Waals surface area contributed by atoms with Crippen LogP contribution in [0.5, 0.6) is 0 Å². The van der Waals surface area contributed by atoms with Gasteiger partial charge in [0.2, 0.25) is 11.8 Å². The van der Waals surface area contributed by atoms with E-state index in [-0.39, 0.29) is 36.1 Å². The average Bonchev–Trinajstić information content (AvgIpc) is 3.32. The second kappa shape index (κ2) is 11.6. The number of carbonyl (C=O) groups excluding carboxylic acids is 3. The Kier molecular flexibility index (Phi) is 7.89. The Balaban J connectivity index is 1.38. The number of amides is 3. The highest BCUT2D eigenvalue weighted by Gasteiger charge is 2.71. The number of para-hydroxylation sites is 1. The lowest BCUT2D eigenvalue weighted by Crippen LogP contribution is -2.53. The number of hydrogen-bond acceptors (Lipinski definition) is 6. The first-order valence-corrected chi connectivity index (χ1v) is 15.8. The number of aliphatic hydroxyl groups excluding tert-OH is 1. The maximum atomic E-state index is 14.5. The molecule has 1 N–H and O–H groups in total. The summed E-state index contributed by atoms with van der Waals surface area (Å²) >= 11 is 1.58. The molecular weight excluding hydrogens is 548 g/mol. The predicted octanol–water partition coefficient (Wildman–Crippen LogP) is 3.72. The number of rotatable bonds is 8. The number of hydrogen-bond donors (Lipinski definition) is 1. The minimum Gasteiger partial charge on any atom is -0.396 e. The zero-order chi connectivity index (χ0) is 29.4. The van der Waals surface area contributed by atoms with Crippen molar-refractivity contribution >= 4 is 46.5 Å². The fourth-order valence-corrected chi connectivity index (χ4v) is 9.13. The van der Waals surface area contributed by atoms with Crippen LogP contribution in [0.25, 0.3) is 0 Å². The van der Waals surface area contributed by atoms with Crippen molar-refractivity contribution < 1.29 is 19.5 Å². The van der Waals surface area contributed by atoms with Crippen LogP contribution in [0.2, 0.25) is 0 Å². The summed E-state index contributed by atoms with van der Waals surface area (Å²) in [6.45, 7) is 7.01. The quantitative estimate of drug-likeness (QED) is 0.475. The van der Waals surface area contributed by atoms with Crippen molar-refractivity contribution in [1.82, 2.24) is 4.90 Å². The fraction of sp³-hybridized carbons (Fsp3) is 0.424. The standard InChI is InChI=1S/C33H38N4O4S/c1-3-34(4-2)23-14-16-25(17-15-23)36-20-9-18-33-28(31(40)37(21-10-22-38)29(33)32(36)41)27-26(42-33)13-8-19-35(30(27)39)24-11-6-5-7-12-24/h5-9,11-18,26-29,38H,3-4,10,19-22H2,1-2H3/t26-,27+,28-,29?,33-/m0/s1. The topological polar surface area (TPSA) is 84.4 Å². The lowest BCUT2D eigenvalue weighted by Gasteiger charge is -2.35. The maximum Gasteiger partial charge on any atom is 0.251 e. The monoisotopic (exact) mass is 586 g/mol. The van der Waals surface area contributed by atoms with Gasteiger partial charge in [0.05, 0.1) is 16.6 Å². The first kappa shape index (κ1) is 28.6. The minimum absolute atomic E-state index is 0.0859. The normalized spacial score (nSPS) is 28.5. The Morgan fingerprint density at radius 1 is 0.881 bits per heavy atom. The Morgan fingerprint density at radius 3 is 2.24 bits per heavy atom. The van der Waals surface area contributed by atoms with Crippen LogP contribution >= 0.6 is 11.8 Å². The number of carbonyl (C=O) groups is 3. The zero-order valence-electron chi connectivity index (χ0n) is 24.1. The van der Waals surface area contributed by atoms with E-state index in [1.165, 1.54) is 0 Å². The van der Waals surface area contributed by atoms with Crippen molar-refractivity contribution in [2.45, 2.75) is 36.3 Å². The smallest absolute Gasteiger partial charge is 0.251 e. The summed E-state index contributed by atoms with van der Waals surface area (Å²) < 4.78 is -0.880. The van der Waals surface area contributed by atoms with Gasteiger partial charge in [0, 0.05) is 61.6 Å². The van der Waals surface area contributed by atoms with E-state index in [1.54, 1.807) is 26.5 Å². The first-order chi connectivity index (χ1) is 20.4. The van der Waals surface area contributed by atoms with Crippen LogP contribution in [0, 0.1) is 11.8 Å².